The molecular formula is C24H22N4O3. The number of aromatic amines is 1. The van der Waals surface area contributed by atoms with Crippen LogP contribution in [-0.4, -0.2) is 27.0 Å². The Bertz CT molecular complexity index is 1410. The Hall–Kier alpha value is -4.13. The first-order valence-corrected chi connectivity index (χ1v) is 9.81. The third kappa shape index (κ3) is 3.85. The number of aromatic nitrogens is 3. The fraction of sp³-hybridized carbons (Fsp3) is 0.125. The second kappa shape index (κ2) is 8.31. The Balaban J connectivity index is 1.69. The summed E-state index contributed by atoms with van der Waals surface area (Å²) < 4.78 is 8.46. The summed E-state index contributed by atoms with van der Waals surface area (Å²) in [5.41, 5.74) is 3.17. The summed E-state index contributed by atoms with van der Waals surface area (Å²) in [5.74, 6) is 0.766. The topological polar surface area (TPSA) is 81.4 Å². The van der Waals surface area contributed by atoms with Crippen molar-refractivity contribution in [1.82, 2.24) is 14.2 Å². The van der Waals surface area contributed by atoms with Crippen molar-refractivity contribution in [1.29, 1.82) is 0 Å². The molecule has 156 valence electrons. The first-order chi connectivity index (χ1) is 15.0. The van der Waals surface area contributed by atoms with Crippen LogP contribution >= 0.6 is 0 Å². The predicted molar refractivity (Wildman–Crippen MR) is 123 cm³/mol. The molecule has 0 spiro atoms. The van der Waals surface area contributed by atoms with Gasteiger partial charge in [0, 0.05) is 22.6 Å². The highest BCUT2D eigenvalue weighted by atomic mass is 16.5. The van der Waals surface area contributed by atoms with E-state index in [4.69, 9.17) is 4.74 Å². The molecule has 0 fully saturated rings. The van der Waals surface area contributed by atoms with Crippen molar-refractivity contribution in [2.45, 2.75) is 13.8 Å². The number of aryl methyl sites for hydroxylation is 1. The third-order valence-electron chi connectivity index (χ3n) is 5.03. The van der Waals surface area contributed by atoms with Crippen LogP contribution in [0.25, 0.3) is 16.6 Å². The molecule has 0 saturated carbocycles. The normalized spacial score (nSPS) is 11.3. The molecule has 7 nitrogen and oxygen atoms in total. The molecule has 0 atom stereocenters. The van der Waals surface area contributed by atoms with Crippen molar-refractivity contribution in [3.8, 4) is 11.4 Å². The number of fused-ring (bicyclic) bond motifs is 1. The first-order valence-electron chi connectivity index (χ1n) is 9.81. The molecular weight excluding hydrogens is 392 g/mol. The molecule has 4 rings (SSSR count). The van der Waals surface area contributed by atoms with Gasteiger partial charge in [-0.3, -0.25) is 4.79 Å². The molecule has 0 aliphatic heterocycles. The molecule has 7 heteroatoms. The van der Waals surface area contributed by atoms with Crippen LogP contribution in [-0.2, 0) is 0 Å². The maximum Gasteiger partial charge on any atom is 0.349 e. The summed E-state index contributed by atoms with van der Waals surface area (Å²) >= 11 is 0. The van der Waals surface area contributed by atoms with Crippen molar-refractivity contribution in [2.24, 2.45) is 5.10 Å². The fourth-order valence-corrected chi connectivity index (χ4v) is 3.54. The number of nitrogens with zero attached hydrogens (tertiary/aromatic N) is 3. The standard InChI is InChI=1S/C24H22N4O3/c1-4-13-31-20-11-9-19(10-12-20)27-16(2)14-18(17(27)3)15-25-28-23(29)21-7-5-6-8-22(21)26-24(28)30/h4-12,14-15H,1,13H2,2-3H3,(H,26,30). The van der Waals surface area contributed by atoms with Gasteiger partial charge in [-0.15, -0.1) is 4.68 Å². The van der Waals surface area contributed by atoms with Crippen molar-refractivity contribution in [3.05, 3.63) is 105 Å². The molecule has 0 saturated heterocycles. The average Bonchev–Trinajstić information content (AvgIpc) is 3.05. The van der Waals surface area contributed by atoms with Crippen molar-refractivity contribution < 1.29 is 4.74 Å². The molecule has 1 N–H and O–H groups in total. The van der Waals surface area contributed by atoms with E-state index in [0.717, 1.165) is 33.1 Å². The van der Waals surface area contributed by atoms with Crippen LogP contribution in [0, 0.1) is 13.8 Å². The van der Waals surface area contributed by atoms with Gasteiger partial charge in [0.15, 0.2) is 0 Å². The molecule has 2 aromatic heterocycles. The maximum atomic E-state index is 12.7. The van der Waals surface area contributed by atoms with Crippen molar-refractivity contribution in [2.75, 3.05) is 6.61 Å². The second-order valence-corrected chi connectivity index (χ2v) is 7.09. The SMILES string of the molecule is C=CCOc1ccc(-n2c(C)cc(C=Nn3c(=O)[nH]c4ccccc4c3=O)c2C)cc1. The highest BCUT2D eigenvalue weighted by molar-refractivity contribution is 5.82. The van der Waals surface area contributed by atoms with Gasteiger partial charge in [-0.25, -0.2) is 4.79 Å². The lowest BCUT2D eigenvalue weighted by atomic mass is 10.2. The monoisotopic (exact) mass is 414 g/mol. The number of rotatable bonds is 6. The lowest BCUT2D eigenvalue weighted by Crippen LogP contribution is -2.32. The van der Waals surface area contributed by atoms with Crippen LogP contribution in [0.3, 0.4) is 0 Å². The Morgan fingerprint density at radius 1 is 1.10 bits per heavy atom. The van der Waals surface area contributed by atoms with E-state index in [0.29, 0.717) is 17.5 Å². The molecule has 0 aliphatic carbocycles. The number of para-hydroxylation sites is 1. The van der Waals surface area contributed by atoms with Gasteiger partial charge in [-0.1, -0.05) is 24.8 Å². The third-order valence-corrected chi connectivity index (χ3v) is 5.03. The van der Waals surface area contributed by atoms with Gasteiger partial charge in [-0.05, 0) is 56.3 Å². The lowest BCUT2D eigenvalue weighted by molar-refractivity contribution is 0.363. The highest BCUT2D eigenvalue weighted by Crippen LogP contribution is 2.22. The van der Waals surface area contributed by atoms with E-state index in [1.807, 2.05) is 44.2 Å². The fourth-order valence-electron chi connectivity index (χ4n) is 3.54. The average molecular weight is 414 g/mol. The lowest BCUT2D eigenvalue weighted by Gasteiger charge is -2.11. The van der Waals surface area contributed by atoms with E-state index < -0.39 is 11.2 Å². The minimum absolute atomic E-state index is 0.406. The second-order valence-electron chi connectivity index (χ2n) is 7.09. The smallest absolute Gasteiger partial charge is 0.349 e. The van der Waals surface area contributed by atoms with E-state index in [9.17, 15) is 9.59 Å². The molecule has 0 aliphatic rings. The van der Waals surface area contributed by atoms with Crippen LogP contribution < -0.4 is 16.0 Å². The Kier molecular flexibility index (Phi) is 5.41. The van der Waals surface area contributed by atoms with Gasteiger partial charge in [-0.2, -0.15) is 5.10 Å². The zero-order valence-corrected chi connectivity index (χ0v) is 17.3. The quantitative estimate of drug-likeness (QED) is 0.387. The van der Waals surface area contributed by atoms with E-state index >= 15 is 0 Å². The van der Waals surface area contributed by atoms with Gasteiger partial charge in [0.05, 0.1) is 17.1 Å². The molecule has 0 radical (unpaired) electrons. The molecule has 0 bridgehead atoms. The minimum Gasteiger partial charge on any atom is -0.490 e. The number of benzene rings is 2. The predicted octanol–water partition coefficient (Wildman–Crippen LogP) is 3.54. The van der Waals surface area contributed by atoms with Crippen LogP contribution in [0.1, 0.15) is 17.0 Å². The van der Waals surface area contributed by atoms with E-state index in [2.05, 4.69) is 21.2 Å². The van der Waals surface area contributed by atoms with Crippen LogP contribution in [0.15, 0.2) is 81.9 Å². The van der Waals surface area contributed by atoms with Crippen molar-refractivity contribution in [3.63, 3.8) is 0 Å². The molecule has 0 unspecified atom stereocenters. The molecule has 2 heterocycles. The van der Waals surface area contributed by atoms with E-state index in [-0.39, 0.29) is 0 Å². The molecule has 4 aromatic rings. The summed E-state index contributed by atoms with van der Waals surface area (Å²) in [6, 6.07) is 16.6. The van der Waals surface area contributed by atoms with E-state index in [1.54, 1.807) is 30.3 Å². The Morgan fingerprint density at radius 2 is 1.84 bits per heavy atom. The van der Waals surface area contributed by atoms with Crippen LogP contribution in [0.5, 0.6) is 5.75 Å². The highest BCUT2D eigenvalue weighted by Gasteiger charge is 2.11. The van der Waals surface area contributed by atoms with Crippen LogP contribution in [0.4, 0.5) is 0 Å². The Labute approximate surface area is 178 Å². The van der Waals surface area contributed by atoms with Crippen LogP contribution in [0.2, 0.25) is 0 Å². The van der Waals surface area contributed by atoms with Gasteiger partial charge >= 0.3 is 5.69 Å². The summed E-state index contributed by atoms with van der Waals surface area (Å²) in [7, 11) is 0. The van der Waals surface area contributed by atoms with Crippen molar-refractivity contribution >= 4 is 17.1 Å². The zero-order chi connectivity index (χ0) is 22.0. The number of hydrogen-bond donors (Lipinski definition) is 1. The molecule has 31 heavy (non-hydrogen) atoms. The first kappa shape index (κ1) is 20.2. The van der Waals surface area contributed by atoms with E-state index in [1.165, 1.54) is 6.21 Å². The molecule has 0 amide bonds. The summed E-state index contributed by atoms with van der Waals surface area (Å²) in [4.78, 5) is 27.7. The van der Waals surface area contributed by atoms with Gasteiger partial charge in [0.2, 0.25) is 0 Å². The number of hydrogen-bond acceptors (Lipinski definition) is 4. The number of H-pyrrole nitrogens is 1. The number of ether oxygens (including phenoxy) is 1. The maximum absolute atomic E-state index is 12.7. The van der Waals surface area contributed by atoms with Gasteiger partial charge < -0.3 is 14.3 Å². The van der Waals surface area contributed by atoms with Gasteiger partial charge in [0.1, 0.15) is 12.4 Å². The molecule has 2 aromatic carbocycles. The zero-order valence-electron chi connectivity index (χ0n) is 17.3. The largest absolute Gasteiger partial charge is 0.490 e. The summed E-state index contributed by atoms with van der Waals surface area (Å²) in [5, 5.41) is 4.58. The summed E-state index contributed by atoms with van der Waals surface area (Å²) in [6.07, 6.45) is 3.23. The summed E-state index contributed by atoms with van der Waals surface area (Å²) in [6.45, 7) is 8.05. The Morgan fingerprint density at radius 3 is 2.58 bits per heavy atom. The number of nitrogens with one attached hydrogen (secondary N) is 1. The minimum atomic E-state index is -0.580. The van der Waals surface area contributed by atoms with Gasteiger partial charge in [0.25, 0.3) is 5.56 Å².